The lowest BCUT2D eigenvalue weighted by Gasteiger charge is -2.23. The van der Waals surface area contributed by atoms with Crippen molar-refractivity contribution in [1.82, 2.24) is 15.4 Å². The van der Waals surface area contributed by atoms with Gasteiger partial charge in [0.2, 0.25) is 5.91 Å². The number of aryl methyl sites for hydroxylation is 2. The number of benzene rings is 2. The quantitative estimate of drug-likeness (QED) is 0.641. The van der Waals surface area contributed by atoms with E-state index in [0.717, 1.165) is 39.5 Å². The van der Waals surface area contributed by atoms with Gasteiger partial charge < -0.3 is 24.2 Å². The Morgan fingerprint density at radius 3 is 2.76 bits per heavy atom. The number of carbonyl (C=O) groups is 2. The molecule has 178 valence electrons. The molecule has 0 aliphatic carbocycles. The van der Waals surface area contributed by atoms with Crippen LogP contribution in [-0.4, -0.2) is 61.8 Å². The molecule has 8 heteroatoms. The third kappa shape index (κ3) is 5.28. The molecular formula is C26H29N3O5. The normalized spacial score (nSPS) is 14.6. The molecule has 0 atom stereocenters. The molecule has 1 aliphatic rings. The summed E-state index contributed by atoms with van der Waals surface area (Å²) in [5.41, 5.74) is 5.33. The Morgan fingerprint density at radius 1 is 1.15 bits per heavy atom. The summed E-state index contributed by atoms with van der Waals surface area (Å²) in [4.78, 5) is 26.8. The number of hydrogen-bond acceptors (Lipinski definition) is 6. The van der Waals surface area contributed by atoms with Crippen LogP contribution in [0.1, 0.15) is 32.9 Å². The molecule has 0 radical (unpaired) electrons. The molecule has 1 aliphatic heterocycles. The average Bonchev–Trinajstić information content (AvgIpc) is 3.16. The molecule has 0 saturated carbocycles. The predicted molar refractivity (Wildman–Crippen MR) is 127 cm³/mol. The first-order chi connectivity index (χ1) is 16.5. The number of carbonyl (C=O) groups excluding carboxylic acids is 2. The number of nitrogens with one attached hydrogen (secondary N) is 1. The monoisotopic (exact) mass is 463 g/mol. The van der Waals surface area contributed by atoms with Crippen LogP contribution in [0.25, 0.3) is 11.1 Å². The predicted octanol–water partition coefficient (Wildman–Crippen LogP) is 3.15. The molecule has 8 nitrogen and oxygen atoms in total. The zero-order valence-electron chi connectivity index (χ0n) is 19.7. The van der Waals surface area contributed by atoms with E-state index in [9.17, 15) is 9.59 Å². The summed E-state index contributed by atoms with van der Waals surface area (Å²) < 4.78 is 16.5. The summed E-state index contributed by atoms with van der Waals surface area (Å²) in [7, 11) is 1.49. The minimum absolute atomic E-state index is 0.0205. The fourth-order valence-corrected chi connectivity index (χ4v) is 4.20. The number of hydrogen-bond donors (Lipinski definition) is 1. The number of rotatable bonds is 3. The Kier molecular flexibility index (Phi) is 7.27. The van der Waals surface area contributed by atoms with Crippen molar-refractivity contribution in [1.29, 1.82) is 0 Å². The fourth-order valence-electron chi connectivity index (χ4n) is 4.20. The van der Waals surface area contributed by atoms with Crippen LogP contribution < -0.4 is 10.1 Å². The topological polar surface area (TPSA) is 93.9 Å². The van der Waals surface area contributed by atoms with Crippen LogP contribution >= 0.6 is 0 Å². The maximum Gasteiger partial charge on any atom is 0.251 e. The van der Waals surface area contributed by atoms with Crippen molar-refractivity contribution in [3.8, 4) is 16.9 Å². The average molecular weight is 464 g/mol. The van der Waals surface area contributed by atoms with Gasteiger partial charge in [-0.3, -0.25) is 9.59 Å². The molecule has 2 heterocycles. The van der Waals surface area contributed by atoms with Gasteiger partial charge in [-0.05, 0) is 54.8 Å². The van der Waals surface area contributed by atoms with Gasteiger partial charge in [0.1, 0.15) is 24.7 Å². The Morgan fingerprint density at radius 2 is 2.00 bits per heavy atom. The third-order valence-corrected chi connectivity index (χ3v) is 5.87. The minimum Gasteiger partial charge on any atom is -0.491 e. The Hall–Kier alpha value is -3.65. The smallest absolute Gasteiger partial charge is 0.251 e. The first kappa shape index (κ1) is 23.5. The summed E-state index contributed by atoms with van der Waals surface area (Å²) in [5, 5.41) is 6.98. The largest absolute Gasteiger partial charge is 0.491 e. The van der Waals surface area contributed by atoms with Crippen molar-refractivity contribution in [3.05, 3.63) is 70.6 Å². The van der Waals surface area contributed by atoms with E-state index in [0.29, 0.717) is 38.2 Å². The summed E-state index contributed by atoms with van der Waals surface area (Å²) in [6.45, 7) is 5.21. The van der Waals surface area contributed by atoms with Gasteiger partial charge >= 0.3 is 0 Å². The van der Waals surface area contributed by atoms with Gasteiger partial charge in [0.15, 0.2) is 0 Å². The molecule has 1 aromatic heterocycles. The van der Waals surface area contributed by atoms with Gasteiger partial charge in [-0.1, -0.05) is 23.4 Å². The van der Waals surface area contributed by atoms with Crippen LogP contribution in [0, 0.1) is 13.8 Å². The van der Waals surface area contributed by atoms with E-state index in [2.05, 4.69) is 16.5 Å². The molecule has 3 aromatic rings. The van der Waals surface area contributed by atoms with Crippen molar-refractivity contribution in [2.24, 2.45) is 0 Å². The van der Waals surface area contributed by atoms with Crippen molar-refractivity contribution < 1.29 is 23.6 Å². The number of fused-ring (bicyclic) bond motifs is 3. The summed E-state index contributed by atoms with van der Waals surface area (Å²) in [6, 6.07) is 13.6. The molecule has 1 N–H and O–H groups in total. The van der Waals surface area contributed by atoms with Crippen LogP contribution in [0.3, 0.4) is 0 Å². The standard InChI is InChI=1S/C26H29N3O5/c1-17-25(18(2)34-28-17)20-7-8-23-22(15-20)14-19-5-4-6-21(13-19)26(31)27-9-10-29(11-12-33-23)24(30)16-32-3/h4-8,13,15H,9-12,14,16H2,1-3H3,(H,27,31). The molecule has 34 heavy (non-hydrogen) atoms. The molecule has 2 amide bonds. The summed E-state index contributed by atoms with van der Waals surface area (Å²) in [5.74, 6) is 1.18. The minimum atomic E-state index is -0.168. The molecule has 0 unspecified atom stereocenters. The zero-order valence-corrected chi connectivity index (χ0v) is 19.7. The van der Waals surface area contributed by atoms with Crippen molar-refractivity contribution >= 4 is 11.8 Å². The van der Waals surface area contributed by atoms with Crippen LogP contribution in [0.5, 0.6) is 5.75 Å². The highest BCUT2D eigenvalue weighted by atomic mass is 16.5. The maximum atomic E-state index is 12.7. The van der Waals surface area contributed by atoms with E-state index < -0.39 is 0 Å². The van der Waals surface area contributed by atoms with Crippen LogP contribution in [0.15, 0.2) is 47.0 Å². The summed E-state index contributed by atoms with van der Waals surface area (Å²) in [6.07, 6.45) is 0.583. The molecule has 0 fully saturated rings. The number of nitrogens with zero attached hydrogens (tertiary/aromatic N) is 2. The van der Waals surface area contributed by atoms with Crippen LogP contribution in [0.2, 0.25) is 0 Å². The second kappa shape index (κ2) is 10.5. The molecule has 4 rings (SSSR count). The van der Waals surface area contributed by atoms with Crippen LogP contribution in [0.4, 0.5) is 0 Å². The number of aromatic nitrogens is 1. The van der Waals surface area contributed by atoms with Crippen LogP contribution in [-0.2, 0) is 16.0 Å². The summed E-state index contributed by atoms with van der Waals surface area (Å²) >= 11 is 0. The first-order valence-electron chi connectivity index (χ1n) is 11.3. The second-order valence-electron chi connectivity index (χ2n) is 8.32. The Balaban J connectivity index is 1.70. The van der Waals surface area contributed by atoms with Gasteiger partial charge in [-0.25, -0.2) is 0 Å². The Bertz CT molecular complexity index is 1170. The van der Waals surface area contributed by atoms with E-state index in [1.54, 1.807) is 11.0 Å². The fraction of sp³-hybridized carbons (Fsp3) is 0.346. The molecule has 2 bridgehead atoms. The lowest BCUT2D eigenvalue weighted by molar-refractivity contribution is -0.135. The molecule has 0 saturated heterocycles. The number of amides is 2. The van der Waals surface area contributed by atoms with Gasteiger partial charge in [-0.15, -0.1) is 0 Å². The SMILES string of the molecule is COCC(=O)N1CCNC(=O)c2cccc(c2)Cc2cc(-c3c(C)noc3C)ccc2OCC1. The van der Waals surface area contributed by atoms with E-state index in [1.807, 2.05) is 44.2 Å². The van der Waals surface area contributed by atoms with E-state index in [1.165, 1.54) is 7.11 Å². The van der Waals surface area contributed by atoms with Crippen molar-refractivity contribution in [2.45, 2.75) is 20.3 Å². The third-order valence-electron chi connectivity index (χ3n) is 5.87. The molecule has 0 spiro atoms. The van der Waals surface area contributed by atoms with Gasteiger partial charge in [-0.2, -0.15) is 0 Å². The van der Waals surface area contributed by atoms with Crippen molar-refractivity contribution in [2.75, 3.05) is 40.0 Å². The molecule has 2 aromatic carbocycles. The number of methoxy groups -OCH3 is 1. The number of ether oxygens (including phenoxy) is 2. The van der Waals surface area contributed by atoms with Gasteiger partial charge in [0, 0.05) is 37.7 Å². The first-order valence-corrected chi connectivity index (χ1v) is 11.3. The Labute approximate surface area is 198 Å². The second-order valence-corrected chi connectivity index (χ2v) is 8.32. The van der Waals surface area contributed by atoms with Gasteiger partial charge in [0.25, 0.3) is 5.91 Å². The highest BCUT2D eigenvalue weighted by Gasteiger charge is 2.18. The van der Waals surface area contributed by atoms with E-state index in [4.69, 9.17) is 14.0 Å². The van der Waals surface area contributed by atoms with E-state index >= 15 is 0 Å². The van der Waals surface area contributed by atoms with E-state index in [-0.39, 0.29) is 18.4 Å². The maximum absolute atomic E-state index is 12.7. The van der Waals surface area contributed by atoms with Gasteiger partial charge in [0.05, 0.1) is 12.2 Å². The lowest BCUT2D eigenvalue weighted by Crippen LogP contribution is -2.42. The molecular weight excluding hydrogens is 434 g/mol. The van der Waals surface area contributed by atoms with Crippen molar-refractivity contribution in [3.63, 3.8) is 0 Å². The lowest BCUT2D eigenvalue weighted by atomic mass is 9.96. The highest BCUT2D eigenvalue weighted by Crippen LogP contribution is 2.32. The highest BCUT2D eigenvalue weighted by molar-refractivity contribution is 5.94. The zero-order chi connectivity index (χ0) is 24.1.